The molecule has 1 aromatic carbocycles. The van der Waals surface area contributed by atoms with Gasteiger partial charge in [0.2, 0.25) is 0 Å². The summed E-state index contributed by atoms with van der Waals surface area (Å²) in [6, 6.07) is 13.0. The topological polar surface area (TPSA) is 47.8 Å². The zero-order chi connectivity index (χ0) is 19.6. The fourth-order valence-corrected chi connectivity index (χ4v) is 3.51. The van der Waals surface area contributed by atoms with Crippen LogP contribution in [0.1, 0.15) is 17.5 Å². The van der Waals surface area contributed by atoms with Gasteiger partial charge in [-0.3, -0.25) is 9.89 Å². The number of nitrogens with one attached hydrogen (secondary N) is 2. The Bertz CT molecular complexity index is 707. The number of guanidine groups is 1. The first-order valence-electron chi connectivity index (χ1n) is 10.3. The fraction of sp³-hybridized carbons (Fsp3) is 0.500. The Kier molecular flexibility index (Phi) is 7.94. The Morgan fingerprint density at radius 2 is 1.71 bits per heavy atom. The Labute approximate surface area is 169 Å². The van der Waals surface area contributed by atoms with Crippen LogP contribution in [0.25, 0.3) is 0 Å². The highest BCUT2D eigenvalue weighted by Gasteiger charge is 2.12. The summed E-state index contributed by atoms with van der Waals surface area (Å²) < 4.78 is 2.15. The standard InChI is InChI=1S/C22H34N6/c1-23-22(24-10-15-27-12-3-4-13-27)25-18-20-6-8-21(9-7-20)19-28-14-5-11-26(2)16-17-28/h3-4,6-9,12-13H,5,10-11,14-19H2,1-2H3,(H2,23,24,25). The zero-order valence-corrected chi connectivity index (χ0v) is 17.3. The highest BCUT2D eigenvalue weighted by molar-refractivity contribution is 5.79. The molecule has 0 aliphatic carbocycles. The maximum absolute atomic E-state index is 4.31. The lowest BCUT2D eigenvalue weighted by atomic mass is 10.1. The average Bonchev–Trinajstić information content (AvgIpc) is 3.15. The van der Waals surface area contributed by atoms with Gasteiger partial charge >= 0.3 is 0 Å². The van der Waals surface area contributed by atoms with Crippen LogP contribution in [0.15, 0.2) is 53.8 Å². The molecule has 1 aromatic heterocycles. The minimum absolute atomic E-state index is 0.776. The van der Waals surface area contributed by atoms with Crippen molar-refractivity contribution >= 4 is 5.96 Å². The van der Waals surface area contributed by atoms with Crippen molar-refractivity contribution < 1.29 is 0 Å². The molecule has 0 bridgehead atoms. The van der Waals surface area contributed by atoms with Crippen LogP contribution in [0.4, 0.5) is 0 Å². The van der Waals surface area contributed by atoms with Crippen molar-refractivity contribution in [2.75, 3.05) is 46.8 Å². The molecule has 0 atom stereocenters. The third-order valence-electron chi connectivity index (χ3n) is 5.25. The monoisotopic (exact) mass is 382 g/mol. The van der Waals surface area contributed by atoms with Gasteiger partial charge < -0.3 is 20.1 Å². The highest BCUT2D eigenvalue weighted by atomic mass is 15.2. The van der Waals surface area contributed by atoms with Crippen LogP contribution in [0, 0.1) is 0 Å². The van der Waals surface area contributed by atoms with E-state index in [-0.39, 0.29) is 0 Å². The van der Waals surface area contributed by atoms with E-state index in [1.807, 2.05) is 19.2 Å². The number of aromatic nitrogens is 1. The molecule has 0 saturated carbocycles. The van der Waals surface area contributed by atoms with Crippen molar-refractivity contribution in [3.63, 3.8) is 0 Å². The number of hydrogen-bond acceptors (Lipinski definition) is 3. The van der Waals surface area contributed by atoms with Crippen LogP contribution in [-0.4, -0.2) is 67.1 Å². The first kappa shape index (κ1) is 20.4. The van der Waals surface area contributed by atoms with E-state index in [0.29, 0.717) is 0 Å². The number of benzene rings is 1. The van der Waals surface area contributed by atoms with Gasteiger partial charge in [-0.05, 0) is 49.8 Å². The number of nitrogens with zero attached hydrogens (tertiary/aromatic N) is 4. The summed E-state index contributed by atoms with van der Waals surface area (Å²) in [5, 5.41) is 6.75. The summed E-state index contributed by atoms with van der Waals surface area (Å²) >= 11 is 0. The molecule has 0 radical (unpaired) electrons. The van der Waals surface area contributed by atoms with E-state index in [9.17, 15) is 0 Å². The van der Waals surface area contributed by atoms with Crippen LogP contribution >= 0.6 is 0 Å². The van der Waals surface area contributed by atoms with E-state index in [4.69, 9.17) is 0 Å². The second kappa shape index (κ2) is 10.9. The molecule has 1 aliphatic heterocycles. The first-order valence-corrected chi connectivity index (χ1v) is 10.3. The molecule has 6 nitrogen and oxygen atoms in total. The Morgan fingerprint density at radius 3 is 2.46 bits per heavy atom. The Balaban J connectivity index is 1.40. The average molecular weight is 383 g/mol. The van der Waals surface area contributed by atoms with Gasteiger partial charge in [0.15, 0.2) is 5.96 Å². The molecule has 152 valence electrons. The molecular formula is C22H34N6. The predicted molar refractivity (Wildman–Crippen MR) is 116 cm³/mol. The molecule has 0 spiro atoms. The smallest absolute Gasteiger partial charge is 0.191 e. The second-order valence-corrected chi connectivity index (χ2v) is 7.52. The van der Waals surface area contributed by atoms with Crippen molar-refractivity contribution in [1.82, 2.24) is 25.0 Å². The van der Waals surface area contributed by atoms with Crippen LogP contribution in [0.2, 0.25) is 0 Å². The number of rotatable bonds is 7. The van der Waals surface area contributed by atoms with Crippen molar-refractivity contribution in [2.24, 2.45) is 4.99 Å². The number of hydrogen-bond donors (Lipinski definition) is 2. The summed E-state index contributed by atoms with van der Waals surface area (Å²) in [7, 11) is 4.03. The van der Waals surface area contributed by atoms with Gasteiger partial charge in [-0.1, -0.05) is 24.3 Å². The third-order valence-corrected chi connectivity index (χ3v) is 5.25. The van der Waals surface area contributed by atoms with Crippen LogP contribution in [-0.2, 0) is 19.6 Å². The van der Waals surface area contributed by atoms with Gasteiger partial charge in [0.1, 0.15) is 0 Å². The van der Waals surface area contributed by atoms with E-state index in [2.05, 4.69) is 73.7 Å². The SMILES string of the molecule is CN=C(NCCn1cccc1)NCc1ccc(CN2CCCN(C)CC2)cc1. The van der Waals surface area contributed by atoms with Crippen LogP contribution in [0.3, 0.4) is 0 Å². The maximum atomic E-state index is 4.31. The predicted octanol–water partition coefficient (Wildman–Crippen LogP) is 1.99. The number of aliphatic imine (C=N–C) groups is 1. The lowest BCUT2D eigenvalue weighted by Crippen LogP contribution is -2.38. The summed E-state index contributed by atoms with van der Waals surface area (Å²) in [5.74, 6) is 0.838. The molecule has 3 rings (SSSR count). The molecule has 2 heterocycles. The molecule has 0 unspecified atom stereocenters. The maximum Gasteiger partial charge on any atom is 0.191 e. The van der Waals surface area contributed by atoms with Gasteiger partial charge in [-0.15, -0.1) is 0 Å². The second-order valence-electron chi connectivity index (χ2n) is 7.52. The Hall–Kier alpha value is -2.31. The van der Waals surface area contributed by atoms with Gasteiger partial charge in [0.05, 0.1) is 0 Å². The van der Waals surface area contributed by atoms with E-state index in [0.717, 1.165) is 38.7 Å². The van der Waals surface area contributed by atoms with E-state index >= 15 is 0 Å². The third kappa shape index (κ3) is 6.69. The van der Waals surface area contributed by atoms with Gasteiger partial charge in [0, 0.05) is 58.7 Å². The first-order chi connectivity index (χ1) is 13.7. The summed E-state index contributed by atoms with van der Waals surface area (Å²) in [6.07, 6.45) is 5.40. The Morgan fingerprint density at radius 1 is 0.964 bits per heavy atom. The van der Waals surface area contributed by atoms with Crippen LogP contribution < -0.4 is 10.6 Å². The highest BCUT2D eigenvalue weighted by Crippen LogP contribution is 2.10. The van der Waals surface area contributed by atoms with E-state index in [1.54, 1.807) is 0 Å². The molecule has 0 amide bonds. The molecule has 1 fully saturated rings. The largest absolute Gasteiger partial charge is 0.355 e. The summed E-state index contributed by atoms with van der Waals surface area (Å²) in [5.41, 5.74) is 2.66. The quantitative estimate of drug-likeness (QED) is 0.568. The van der Waals surface area contributed by atoms with E-state index < -0.39 is 0 Å². The molecule has 28 heavy (non-hydrogen) atoms. The van der Waals surface area contributed by atoms with Crippen molar-refractivity contribution in [3.8, 4) is 0 Å². The number of likely N-dealkylation sites (N-methyl/N-ethyl adjacent to an activating group) is 1. The summed E-state index contributed by atoms with van der Waals surface area (Å²) in [4.78, 5) is 9.29. The molecule has 1 aliphatic rings. The van der Waals surface area contributed by atoms with Gasteiger partial charge in [-0.25, -0.2) is 0 Å². The van der Waals surface area contributed by atoms with Gasteiger partial charge in [0.25, 0.3) is 0 Å². The lowest BCUT2D eigenvalue weighted by molar-refractivity contribution is 0.269. The van der Waals surface area contributed by atoms with E-state index in [1.165, 1.54) is 37.2 Å². The molecular weight excluding hydrogens is 348 g/mol. The normalized spacial score (nSPS) is 16.7. The summed E-state index contributed by atoms with van der Waals surface area (Å²) in [6.45, 7) is 8.32. The van der Waals surface area contributed by atoms with Crippen molar-refractivity contribution in [2.45, 2.75) is 26.1 Å². The molecule has 2 N–H and O–H groups in total. The molecule has 1 saturated heterocycles. The minimum atomic E-state index is 0.776. The fourth-order valence-electron chi connectivity index (χ4n) is 3.51. The van der Waals surface area contributed by atoms with Crippen LogP contribution in [0.5, 0.6) is 0 Å². The molecule has 2 aromatic rings. The van der Waals surface area contributed by atoms with Crippen molar-refractivity contribution in [1.29, 1.82) is 0 Å². The zero-order valence-electron chi connectivity index (χ0n) is 17.3. The minimum Gasteiger partial charge on any atom is -0.355 e. The lowest BCUT2D eigenvalue weighted by Gasteiger charge is -2.20. The van der Waals surface area contributed by atoms with Gasteiger partial charge in [-0.2, -0.15) is 0 Å². The molecule has 6 heteroatoms. The van der Waals surface area contributed by atoms with Crippen molar-refractivity contribution in [3.05, 3.63) is 59.9 Å².